The second kappa shape index (κ2) is 42.0. The standard InChI is InChI=1S/C49H94O6/c1-6-7-8-9-10-11-20-24-31-36-41-49(52)55-46(43-54-48(51)40-35-30-26-25-28-33-38-45(4)5)42-53-47(50)39-34-29-23-21-18-16-14-12-13-15-17-19-22-27-32-37-44(2)3/h44-46H,6-43H2,1-5H3/t46-/m0/s1. The molecule has 0 aliphatic carbocycles. The number of esters is 3. The highest BCUT2D eigenvalue weighted by atomic mass is 16.6. The van der Waals surface area contributed by atoms with Crippen molar-refractivity contribution in [1.82, 2.24) is 0 Å². The van der Waals surface area contributed by atoms with Gasteiger partial charge in [-0.1, -0.05) is 227 Å². The Bertz CT molecular complexity index is 839. The van der Waals surface area contributed by atoms with Crippen molar-refractivity contribution in [2.75, 3.05) is 13.2 Å². The van der Waals surface area contributed by atoms with E-state index in [1.54, 1.807) is 0 Å². The third-order valence-electron chi connectivity index (χ3n) is 11.0. The largest absolute Gasteiger partial charge is 0.462 e. The zero-order valence-corrected chi connectivity index (χ0v) is 37.6. The Hall–Kier alpha value is -1.59. The van der Waals surface area contributed by atoms with Gasteiger partial charge in [0.25, 0.3) is 0 Å². The molecule has 0 rings (SSSR count). The first-order valence-corrected chi connectivity index (χ1v) is 24.2. The van der Waals surface area contributed by atoms with E-state index in [4.69, 9.17) is 14.2 Å². The van der Waals surface area contributed by atoms with E-state index in [2.05, 4.69) is 34.6 Å². The number of carbonyl (C=O) groups excluding carboxylic acids is 3. The molecular weight excluding hydrogens is 685 g/mol. The van der Waals surface area contributed by atoms with Gasteiger partial charge >= 0.3 is 17.9 Å². The van der Waals surface area contributed by atoms with Crippen molar-refractivity contribution < 1.29 is 28.6 Å². The summed E-state index contributed by atoms with van der Waals surface area (Å²) in [6, 6.07) is 0. The van der Waals surface area contributed by atoms with Gasteiger partial charge in [0.15, 0.2) is 6.10 Å². The minimum Gasteiger partial charge on any atom is -0.462 e. The molecule has 0 bridgehead atoms. The molecule has 0 aromatic rings. The molecule has 1 atom stereocenters. The number of ether oxygens (including phenoxy) is 3. The Morgan fingerprint density at radius 1 is 0.345 bits per heavy atom. The summed E-state index contributed by atoms with van der Waals surface area (Å²) in [5, 5.41) is 0. The SMILES string of the molecule is CCCCCCCCCCCCC(=O)O[C@@H](COC(=O)CCCCCCCCCCCCCCCCCC(C)C)COC(=O)CCCCCCCCC(C)C. The first kappa shape index (κ1) is 53.4. The van der Waals surface area contributed by atoms with Gasteiger partial charge < -0.3 is 14.2 Å². The molecule has 0 radical (unpaired) electrons. The molecule has 0 fully saturated rings. The Morgan fingerprint density at radius 2 is 0.600 bits per heavy atom. The van der Waals surface area contributed by atoms with Crippen LogP contribution in [-0.4, -0.2) is 37.2 Å². The quantitative estimate of drug-likeness (QED) is 0.0348. The molecule has 0 saturated heterocycles. The smallest absolute Gasteiger partial charge is 0.306 e. The van der Waals surface area contributed by atoms with Gasteiger partial charge in [0.05, 0.1) is 0 Å². The molecule has 0 spiro atoms. The van der Waals surface area contributed by atoms with Crippen LogP contribution in [0.15, 0.2) is 0 Å². The molecule has 0 saturated carbocycles. The second-order valence-electron chi connectivity index (χ2n) is 17.7. The van der Waals surface area contributed by atoms with Gasteiger partial charge in [-0.3, -0.25) is 14.4 Å². The molecule has 6 heteroatoms. The van der Waals surface area contributed by atoms with Gasteiger partial charge in [-0.05, 0) is 31.1 Å². The third kappa shape index (κ3) is 43.4. The van der Waals surface area contributed by atoms with Crippen molar-refractivity contribution in [2.45, 2.75) is 272 Å². The minimum atomic E-state index is -0.760. The van der Waals surface area contributed by atoms with Gasteiger partial charge in [-0.15, -0.1) is 0 Å². The molecule has 326 valence electrons. The average molecular weight is 779 g/mol. The van der Waals surface area contributed by atoms with E-state index in [-0.39, 0.29) is 31.1 Å². The van der Waals surface area contributed by atoms with E-state index in [0.717, 1.165) is 69.6 Å². The molecular formula is C49H94O6. The third-order valence-corrected chi connectivity index (χ3v) is 11.0. The highest BCUT2D eigenvalue weighted by molar-refractivity contribution is 5.71. The summed E-state index contributed by atoms with van der Waals surface area (Å²) in [7, 11) is 0. The lowest BCUT2D eigenvalue weighted by molar-refractivity contribution is -0.167. The lowest BCUT2D eigenvalue weighted by Crippen LogP contribution is -2.30. The molecule has 0 aliphatic rings. The maximum atomic E-state index is 12.7. The normalized spacial score (nSPS) is 12.1. The molecule has 0 aromatic carbocycles. The van der Waals surface area contributed by atoms with Crippen LogP contribution in [0.5, 0.6) is 0 Å². The van der Waals surface area contributed by atoms with E-state index in [0.29, 0.717) is 19.3 Å². The number of carbonyl (C=O) groups is 3. The number of hydrogen-bond donors (Lipinski definition) is 0. The van der Waals surface area contributed by atoms with Gasteiger partial charge in [0.1, 0.15) is 13.2 Å². The van der Waals surface area contributed by atoms with E-state index in [1.807, 2.05) is 0 Å². The lowest BCUT2D eigenvalue weighted by Gasteiger charge is -2.18. The van der Waals surface area contributed by atoms with Crippen molar-refractivity contribution >= 4 is 17.9 Å². The monoisotopic (exact) mass is 779 g/mol. The zero-order chi connectivity index (χ0) is 40.5. The van der Waals surface area contributed by atoms with Crippen molar-refractivity contribution in [1.29, 1.82) is 0 Å². The molecule has 0 amide bonds. The minimum absolute atomic E-state index is 0.0649. The number of hydrogen-bond acceptors (Lipinski definition) is 6. The van der Waals surface area contributed by atoms with Crippen LogP contribution in [0.1, 0.15) is 266 Å². The van der Waals surface area contributed by atoms with Crippen LogP contribution >= 0.6 is 0 Å². The maximum absolute atomic E-state index is 12.7. The summed E-state index contributed by atoms with van der Waals surface area (Å²) in [4.78, 5) is 37.7. The number of rotatable bonds is 43. The second-order valence-corrected chi connectivity index (χ2v) is 17.7. The summed E-state index contributed by atoms with van der Waals surface area (Å²) in [6.45, 7) is 11.3. The van der Waals surface area contributed by atoms with Crippen molar-refractivity contribution in [2.24, 2.45) is 11.8 Å². The van der Waals surface area contributed by atoms with Crippen molar-refractivity contribution in [3.63, 3.8) is 0 Å². The predicted molar refractivity (Wildman–Crippen MR) is 233 cm³/mol. The predicted octanol–water partition coefficient (Wildman–Crippen LogP) is 15.4. The Balaban J connectivity index is 4.22. The van der Waals surface area contributed by atoms with Crippen LogP contribution in [-0.2, 0) is 28.6 Å². The first-order chi connectivity index (χ1) is 26.7. The van der Waals surface area contributed by atoms with E-state index in [1.165, 1.54) is 154 Å². The Labute approximate surface area is 342 Å². The summed E-state index contributed by atoms with van der Waals surface area (Å²) >= 11 is 0. The van der Waals surface area contributed by atoms with Gasteiger partial charge in [0.2, 0.25) is 0 Å². The topological polar surface area (TPSA) is 78.9 Å². The molecule has 0 N–H and O–H groups in total. The van der Waals surface area contributed by atoms with Crippen LogP contribution in [0.4, 0.5) is 0 Å². The summed E-state index contributed by atoms with van der Waals surface area (Å²) in [5.41, 5.74) is 0. The van der Waals surface area contributed by atoms with E-state index >= 15 is 0 Å². The summed E-state index contributed by atoms with van der Waals surface area (Å²) in [6.07, 6.45) is 41.0. The molecule has 0 aromatic heterocycles. The highest BCUT2D eigenvalue weighted by Crippen LogP contribution is 2.17. The molecule has 55 heavy (non-hydrogen) atoms. The number of unbranched alkanes of at least 4 members (excludes halogenated alkanes) is 28. The Kier molecular flexibility index (Phi) is 40.8. The molecule has 6 nitrogen and oxygen atoms in total. The average Bonchev–Trinajstić information content (AvgIpc) is 3.15. The maximum Gasteiger partial charge on any atom is 0.306 e. The van der Waals surface area contributed by atoms with Crippen LogP contribution in [0.2, 0.25) is 0 Å². The van der Waals surface area contributed by atoms with Gasteiger partial charge in [-0.2, -0.15) is 0 Å². The first-order valence-electron chi connectivity index (χ1n) is 24.2. The van der Waals surface area contributed by atoms with Crippen LogP contribution < -0.4 is 0 Å². The van der Waals surface area contributed by atoms with Gasteiger partial charge in [0, 0.05) is 19.3 Å². The van der Waals surface area contributed by atoms with Crippen LogP contribution in [0, 0.1) is 11.8 Å². The van der Waals surface area contributed by atoms with Gasteiger partial charge in [-0.25, -0.2) is 0 Å². The fraction of sp³-hybridized carbons (Fsp3) is 0.939. The van der Waals surface area contributed by atoms with Crippen molar-refractivity contribution in [3.05, 3.63) is 0 Å². The Morgan fingerprint density at radius 3 is 0.891 bits per heavy atom. The fourth-order valence-corrected chi connectivity index (χ4v) is 7.28. The van der Waals surface area contributed by atoms with E-state index < -0.39 is 6.10 Å². The van der Waals surface area contributed by atoms with Crippen LogP contribution in [0.25, 0.3) is 0 Å². The molecule has 0 aliphatic heterocycles. The molecule has 0 heterocycles. The lowest BCUT2D eigenvalue weighted by atomic mass is 10.0. The molecule has 0 unspecified atom stereocenters. The summed E-state index contributed by atoms with van der Waals surface area (Å²) in [5.74, 6) is 0.754. The van der Waals surface area contributed by atoms with E-state index in [9.17, 15) is 14.4 Å². The fourth-order valence-electron chi connectivity index (χ4n) is 7.28. The van der Waals surface area contributed by atoms with Crippen LogP contribution in [0.3, 0.4) is 0 Å². The highest BCUT2D eigenvalue weighted by Gasteiger charge is 2.19. The van der Waals surface area contributed by atoms with Crippen molar-refractivity contribution in [3.8, 4) is 0 Å². The zero-order valence-electron chi connectivity index (χ0n) is 37.6. The summed E-state index contributed by atoms with van der Waals surface area (Å²) < 4.78 is 16.7.